The Labute approximate surface area is 180 Å². The fourth-order valence-corrected chi connectivity index (χ4v) is 4.04. The number of carbonyl (C=O) groups is 2. The summed E-state index contributed by atoms with van der Waals surface area (Å²) in [5, 5.41) is 2.90. The summed E-state index contributed by atoms with van der Waals surface area (Å²) in [7, 11) is 4.69. The SMILES string of the molecule is COc1ccc(-c2ccc(NC(=O)c3ccccc3)c3c2CCC3=O)c(OC)c1OC. The third kappa shape index (κ3) is 3.61. The van der Waals surface area contributed by atoms with Gasteiger partial charge in [-0.05, 0) is 47.9 Å². The maximum Gasteiger partial charge on any atom is 0.255 e. The van der Waals surface area contributed by atoms with E-state index >= 15 is 0 Å². The summed E-state index contributed by atoms with van der Waals surface area (Å²) in [6.07, 6.45) is 0.992. The predicted octanol–water partition coefficient (Wildman–Crippen LogP) is 4.76. The zero-order chi connectivity index (χ0) is 22.0. The second kappa shape index (κ2) is 8.52. The summed E-state index contributed by atoms with van der Waals surface area (Å²) in [6.45, 7) is 0. The second-order valence-electron chi connectivity index (χ2n) is 7.14. The molecule has 1 amide bonds. The summed E-state index contributed by atoms with van der Waals surface area (Å²) in [4.78, 5) is 25.4. The van der Waals surface area contributed by atoms with E-state index in [9.17, 15) is 9.59 Å². The number of methoxy groups -OCH3 is 3. The number of carbonyl (C=O) groups excluding carboxylic acids is 2. The van der Waals surface area contributed by atoms with Crippen LogP contribution in [0.3, 0.4) is 0 Å². The number of nitrogens with one attached hydrogen (secondary N) is 1. The van der Waals surface area contributed by atoms with Crippen LogP contribution in [0.4, 0.5) is 5.69 Å². The van der Waals surface area contributed by atoms with E-state index in [0.29, 0.717) is 46.9 Å². The highest BCUT2D eigenvalue weighted by molar-refractivity contribution is 6.12. The van der Waals surface area contributed by atoms with Gasteiger partial charge in [-0.2, -0.15) is 0 Å². The van der Waals surface area contributed by atoms with E-state index in [-0.39, 0.29) is 11.7 Å². The molecule has 3 aromatic carbocycles. The lowest BCUT2D eigenvalue weighted by Crippen LogP contribution is -2.14. The van der Waals surface area contributed by atoms with Gasteiger partial charge in [0.15, 0.2) is 17.3 Å². The van der Waals surface area contributed by atoms with Gasteiger partial charge in [-0.25, -0.2) is 0 Å². The van der Waals surface area contributed by atoms with Crippen LogP contribution in [0.25, 0.3) is 11.1 Å². The Morgan fingerprint density at radius 2 is 1.52 bits per heavy atom. The standard InChI is InChI=1S/C25H23NO5/c1-29-21-14-11-18(23(30-2)24(21)31-3)16-9-12-19(22-17(16)10-13-20(22)27)26-25(28)15-7-5-4-6-8-15/h4-9,11-12,14H,10,13H2,1-3H3,(H,26,28). The van der Waals surface area contributed by atoms with Crippen molar-refractivity contribution in [2.24, 2.45) is 0 Å². The molecule has 1 aliphatic rings. The third-order valence-electron chi connectivity index (χ3n) is 5.47. The molecular formula is C25H23NO5. The van der Waals surface area contributed by atoms with E-state index in [1.165, 1.54) is 0 Å². The van der Waals surface area contributed by atoms with E-state index in [1.807, 2.05) is 24.3 Å². The first-order chi connectivity index (χ1) is 15.1. The van der Waals surface area contributed by atoms with Crippen molar-refractivity contribution >= 4 is 17.4 Å². The molecule has 0 saturated carbocycles. The van der Waals surface area contributed by atoms with Crippen LogP contribution in [0, 0.1) is 0 Å². The van der Waals surface area contributed by atoms with Gasteiger partial charge < -0.3 is 19.5 Å². The first-order valence-electron chi connectivity index (χ1n) is 9.93. The van der Waals surface area contributed by atoms with Gasteiger partial charge in [-0.3, -0.25) is 9.59 Å². The van der Waals surface area contributed by atoms with Gasteiger partial charge in [0.2, 0.25) is 5.75 Å². The lowest BCUT2D eigenvalue weighted by atomic mass is 9.94. The highest BCUT2D eigenvalue weighted by atomic mass is 16.5. The molecule has 0 radical (unpaired) electrons. The number of ketones is 1. The Kier molecular flexibility index (Phi) is 5.62. The van der Waals surface area contributed by atoms with Crippen molar-refractivity contribution in [2.45, 2.75) is 12.8 Å². The molecule has 0 spiro atoms. The molecule has 0 saturated heterocycles. The first kappa shape index (κ1) is 20.5. The average molecular weight is 417 g/mol. The zero-order valence-corrected chi connectivity index (χ0v) is 17.7. The molecule has 0 unspecified atom stereocenters. The molecule has 4 rings (SSSR count). The van der Waals surface area contributed by atoms with Gasteiger partial charge in [0, 0.05) is 23.1 Å². The van der Waals surface area contributed by atoms with Crippen LogP contribution < -0.4 is 19.5 Å². The maximum atomic E-state index is 12.7. The molecule has 0 bridgehead atoms. The summed E-state index contributed by atoms with van der Waals surface area (Å²) >= 11 is 0. The number of anilines is 1. The number of benzene rings is 3. The van der Waals surface area contributed by atoms with Crippen LogP contribution in [0.5, 0.6) is 17.2 Å². The van der Waals surface area contributed by atoms with Gasteiger partial charge in [0.1, 0.15) is 0 Å². The first-order valence-corrected chi connectivity index (χ1v) is 9.93. The molecule has 0 atom stereocenters. The van der Waals surface area contributed by atoms with Gasteiger partial charge >= 0.3 is 0 Å². The lowest BCUT2D eigenvalue weighted by molar-refractivity contribution is 0.0995. The molecule has 158 valence electrons. The number of hydrogen-bond acceptors (Lipinski definition) is 5. The molecule has 0 aromatic heterocycles. The van der Waals surface area contributed by atoms with E-state index in [2.05, 4.69) is 5.32 Å². The van der Waals surface area contributed by atoms with Crippen LogP contribution in [0.15, 0.2) is 54.6 Å². The third-order valence-corrected chi connectivity index (χ3v) is 5.47. The molecule has 1 N–H and O–H groups in total. The Bertz CT molecular complexity index is 1150. The molecule has 0 fully saturated rings. The average Bonchev–Trinajstić information content (AvgIpc) is 3.20. The molecular weight excluding hydrogens is 394 g/mol. The fraction of sp³-hybridized carbons (Fsp3) is 0.200. The minimum Gasteiger partial charge on any atom is -0.493 e. The van der Waals surface area contributed by atoms with Crippen LogP contribution >= 0.6 is 0 Å². The molecule has 31 heavy (non-hydrogen) atoms. The number of rotatable bonds is 6. The van der Waals surface area contributed by atoms with Crippen molar-refractivity contribution < 1.29 is 23.8 Å². The Morgan fingerprint density at radius 1 is 0.806 bits per heavy atom. The minimum atomic E-state index is -0.251. The van der Waals surface area contributed by atoms with Gasteiger partial charge in [0.25, 0.3) is 5.91 Å². The number of ether oxygens (including phenoxy) is 3. The van der Waals surface area contributed by atoms with Crippen molar-refractivity contribution in [3.05, 3.63) is 71.3 Å². The van der Waals surface area contributed by atoms with Crippen molar-refractivity contribution in [1.82, 2.24) is 0 Å². The Morgan fingerprint density at radius 3 is 2.19 bits per heavy atom. The summed E-state index contributed by atoms with van der Waals surface area (Å²) in [5.74, 6) is 1.34. The zero-order valence-electron chi connectivity index (χ0n) is 17.7. The highest BCUT2D eigenvalue weighted by Crippen LogP contribution is 2.47. The molecule has 6 nitrogen and oxygen atoms in total. The van der Waals surface area contributed by atoms with Gasteiger partial charge in [-0.1, -0.05) is 24.3 Å². The minimum absolute atomic E-state index is 0.0136. The molecule has 0 heterocycles. The maximum absolute atomic E-state index is 12.7. The fourth-order valence-electron chi connectivity index (χ4n) is 4.04. The van der Waals surface area contributed by atoms with Crippen molar-refractivity contribution in [3.8, 4) is 28.4 Å². The number of Topliss-reactive ketones (excluding diaryl/α,β-unsaturated/α-hetero) is 1. The molecule has 6 heteroatoms. The smallest absolute Gasteiger partial charge is 0.255 e. The predicted molar refractivity (Wildman–Crippen MR) is 119 cm³/mol. The number of hydrogen-bond donors (Lipinski definition) is 1. The van der Waals surface area contributed by atoms with Crippen molar-refractivity contribution in [1.29, 1.82) is 0 Å². The van der Waals surface area contributed by atoms with E-state index in [1.54, 1.807) is 51.7 Å². The van der Waals surface area contributed by atoms with E-state index < -0.39 is 0 Å². The largest absolute Gasteiger partial charge is 0.493 e. The quantitative estimate of drug-likeness (QED) is 0.626. The van der Waals surface area contributed by atoms with Crippen LogP contribution in [-0.4, -0.2) is 33.0 Å². The monoisotopic (exact) mass is 417 g/mol. The highest BCUT2D eigenvalue weighted by Gasteiger charge is 2.29. The number of amides is 1. The van der Waals surface area contributed by atoms with E-state index in [0.717, 1.165) is 16.7 Å². The van der Waals surface area contributed by atoms with E-state index in [4.69, 9.17) is 14.2 Å². The van der Waals surface area contributed by atoms with Crippen LogP contribution in [0.2, 0.25) is 0 Å². The van der Waals surface area contributed by atoms with Crippen molar-refractivity contribution in [2.75, 3.05) is 26.6 Å². The Balaban J connectivity index is 1.81. The number of fused-ring (bicyclic) bond motifs is 1. The van der Waals surface area contributed by atoms with Crippen LogP contribution in [-0.2, 0) is 6.42 Å². The summed E-state index contributed by atoms with van der Waals surface area (Å²) < 4.78 is 16.5. The summed E-state index contributed by atoms with van der Waals surface area (Å²) in [6, 6.07) is 16.3. The lowest BCUT2D eigenvalue weighted by Gasteiger charge is -2.18. The normalized spacial score (nSPS) is 12.3. The van der Waals surface area contributed by atoms with Crippen LogP contribution in [0.1, 0.15) is 32.7 Å². The molecule has 3 aromatic rings. The van der Waals surface area contributed by atoms with Gasteiger partial charge in [0.05, 0.1) is 27.0 Å². The van der Waals surface area contributed by atoms with Gasteiger partial charge in [-0.15, -0.1) is 0 Å². The Hall–Kier alpha value is -3.80. The topological polar surface area (TPSA) is 73.9 Å². The summed E-state index contributed by atoms with van der Waals surface area (Å²) in [5.41, 5.74) is 4.17. The van der Waals surface area contributed by atoms with Crippen molar-refractivity contribution in [3.63, 3.8) is 0 Å². The molecule has 0 aliphatic heterocycles. The molecule has 1 aliphatic carbocycles. The second-order valence-corrected chi connectivity index (χ2v) is 7.14.